The lowest BCUT2D eigenvalue weighted by molar-refractivity contribution is 0.0955. The number of carbonyl (C=O) groups is 1. The maximum atomic E-state index is 12.4. The first-order valence-electron chi connectivity index (χ1n) is 9.23. The summed E-state index contributed by atoms with van der Waals surface area (Å²) >= 11 is 0. The minimum atomic E-state index is -0.159. The van der Waals surface area contributed by atoms with Gasteiger partial charge in [-0.25, -0.2) is 4.68 Å². The van der Waals surface area contributed by atoms with E-state index >= 15 is 0 Å². The van der Waals surface area contributed by atoms with Crippen LogP contribution in [0.25, 0.3) is 5.69 Å². The third kappa shape index (κ3) is 4.22. The fourth-order valence-electron chi connectivity index (χ4n) is 3.13. The van der Waals surface area contributed by atoms with Gasteiger partial charge in [-0.15, -0.1) is 10.2 Å². The molecule has 3 aromatic rings. The summed E-state index contributed by atoms with van der Waals surface area (Å²) in [6.07, 6.45) is 5.70. The van der Waals surface area contributed by atoms with Gasteiger partial charge in [-0.2, -0.15) is 5.10 Å². The third-order valence-electron chi connectivity index (χ3n) is 4.55. The van der Waals surface area contributed by atoms with Crippen LogP contribution in [0, 0.1) is 0 Å². The van der Waals surface area contributed by atoms with Crippen LogP contribution in [0.5, 0.6) is 0 Å². The third-order valence-corrected chi connectivity index (χ3v) is 4.55. The molecular weight excluding hydrogens is 358 g/mol. The summed E-state index contributed by atoms with van der Waals surface area (Å²) in [5.41, 5.74) is 2.35. The molecule has 0 bridgehead atoms. The molecule has 1 aromatic carbocycles. The SMILES string of the molecule is O=C(NCCNc1cc(N2CCCC2)cnn1)c1cccc(-n2cnnn2)c1. The fraction of sp³-hybridized carbons (Fsp3) is 0.333. The van der Waals surface area contributed by atoms with Crippen LogP contribution in [0.15, 0.2) is 42.9 Å². The van der Waals surface area contributed by atoms with E-state index in [1.165, 1.54) is 23.9 Å². The van der Waals surface area contributed by atoms with Gasteiger partial charge in [-0.3, -0.25) is 4.79 Å². The van der Waals surface area contributed by atoms with Crippen molar-refractivity contribution in [1.29, 1.82) is 0 Å². The lowest BCUT2D eigenvalue weighted by atomic mass is 10.2. The van der Waals surface area contributed by atoms with Crippen LogP contribution >= 0.6 is 0 Å². The Balaban J connectivity index is 1.28. The molecule has 10 heteroatoms. The monoisotopic (exact) mass is 379 g/mol. The zero-order chi connectivity index (χ0) is 19.2. The molecular formula is C18H21N9O. The standard InChI is InChI=1S/C18H21N9O/c28-18(14-4-3-5-15(10-14)27-13-22-24-25-27)20-7-6-19-17-11-16(12-21-23-17)26-8-1-2-9-26/h3-5,10-13H,1-2,6-9H2,(H,19,23)(H,20,28). The normalized spacial score (nSPS) is 13.5. The molecule has 0 saturated carbocycles. The molecule has 2 aromatic heterocycles. The molecule has 0 aliphatic carbocycles. The van der Waals surface area contributed by atoms with Gasteiger partial charge in [0, 0.05) is 37.8 Å². The van der Waals surface area contributed by atoms with Crippen LogP contribution in [-0.2, 0) is 0 Å². The van der Waals surface area contributed by atoms with Crippen molar-refractivity contribution in [1.82, 2.24) is 35.7 Å². The van der Waals surface area contributed by atoms with E-state index in [9.17, 15) is 4.79 Å². The van der Waals surface area contributed by atoms with Crippen molar-refractivity contribution in [2.24, 2.45) is 0 Å². The van der Waals surface area contributed by atoms with Crippen molar-refractivity contribution < 1.29 is 4.79 Å². The van der Waals surface area contributed by atoms with Crippen LogP contribution in [0.4, 0.5) is 11.5 Å². The fourth-order valence-corrected chi connectivity index (χ4v) is 3.13. The van der Waals surface area contributed by atoms with E-state index in [0.717, 1.165) is 24.5 Å². The highest BCUT2D eigenvalue weighted by molar-refractivity contribution is 5.94. The number of hydrogen-bond acceptors (Lipinski definition) is 8. The molecule has 3 heterocycles. The van der Waals surface area contributed by atoms with Crippen molar-refractivity contribution in [3.63, 3.8) is 0 Å². The number of nitrogens with one attached hydrogen (secondary N) is 2. The molecule has 1 fully saturated rings. The van der Waals surface area contributed by atoms with Gasteiger partial charge in [-0.1, -0.05) is 6.07 Å². The van der Waals surface area contributed by atoms with Gasteiger partial charge in [0.2, 0.25) is 0 Å². The van der Waals surface area contributed by atoms with Gasteiger partial charge in [0.25, 0.3) is 5.91 Å². The van der Waals surface area contributed by atoms with Crippen molar-refractivity contribution in [3.05, 3.63) is 48.4 Å². The number of anilines is 2. The molecule has 0 atom stereocenters. The number of carbonyl (C=O) groups excluding carboxylic acids is 1. The molecule has 1 amide bonds. The Kier molecular flexibility index (Phi) is 5.36. The highest BCUT2D eigenvalue weighted by atomic mass is 16.1. The Morgan fingerprint density at radius 3 is 2.79 bits per heavy atom. The van der Waals surface area contributed by atoms with Crippen LogP contribution < -0.4 is 15.5 Å². The van der Waals surface area contributed by atoms with Crippen LogP contribution in [0.2, 0.25) is 0 Å². The average Bonchev–Trinajstić information content (AvgIpc) is 3.46. The molecule has 2 N–H and O–H groups in total. The Labute approximate surface area is 162 Å². The summed E-state index contributed by atoms with van der Waals surface area (Å²) in [5.74, 6) is 0.549. The van der Waals surface area contributed by atoms with Gasteiger partial charge >= 0.3 is 0 Å². The number of rotatable bonds is 7. The van der Waals surface area contributed by atoms with Crippen molar-refractivity contribution in [2.45, 2.75) is 12.8 Å². The molecule has 1 aliphatic heterocycles. The van der Waals surface area contributed by atoms with Gasteiger partial charge in [0.15, 0.2) is 5.82 Å². The van der Waals surface area contributed by atoms with E-state index in [1.54, 1.807) is 24.4 Å². The van der Waals surface area contributed by atoms with E-state index in [1.807, 2.05) is 12.1 Å². The minimum absolute atomic E-state index is 0.159. The largest absolute Gasteiger partial charge is 0.370 e. The molecule has 1 aliphatic rings. The van der Waals surface area contributed by atoms with Gasteiger partial charge in [-0.05, 0) is 41.5 Å². The van der Waals surface area contributed by atoms with Crippen LogP contribution in [0.1, 0.15) is 23.2 Å². The minimum Gasteiger partial charge on any atom is -0.370 e. The molecule has 10 nitrogen and oxygen atoms in total. The molecule has 4 rings (SSSR count). The summed E-state index contributed by atoms with van der Waals surface area (Å²) in [6, 6.07) is 9.12. The first-order valence-corrected chi connectivity index (χ1v) is 9.23. The second-order valence-corrected chi connectivity index (χ2v) is 6.48. The Morgan fingerprint density at radius 1 is 1.07 bits per heavy atom. The van der Waals surface area contributed by atoms with Gasteiger partial charge in [0.1, 0.15) is 6.33 Å². The Bertz CT molecular complexity index is 922. The lowest BCUT2D eigenvalue weighted by Gasteiger charge is -2.17. The molecule has 28 heavy (non-hydrogen) atoms. The first-order chi connectivity index (χ1) is 13.8. The van der Waals surface area contributed by atoms with E-state index in [4.69, 9.17) is 0 Å². The summed E-state index contributed by atoms with van der Waals surface area (Å²) in [6.45, 7) is 3.13. The summed E-state index contributed by atoms with van der Waals surface area (Å²) in [7, 11) is 0. The van der Waals surface area contributed by atoms with Crippen molar-refractivity contribution in [3.8, 4) is 5.69 Å². The molecule has 0 spiro atoms. The second kappa shape index (κ2) is 8.42. The molecule has 0 unspecified atom stereocenters. The van der Waals surface area contributed by atoms with Gasteiger partial charge in [0.05, 0.1) is 17.6 Å². The number of tetrazole rings is 1. The predicted octanol–water partition coefficient (Wildman–Crippen LogP) is 0.894. The van der Waals surface area contributed by atoms with Crippen LogP contribution in [-0.4, -0.2) is 62.5 Å². The Morgan fingerprint density at radius 2 is 1.96 bits per heavy atom. The van der Waals surface area contributed by atoms with Gasteiger partial charge < -0.3 is 15.5 Å². The number of benzene rings is 1. The maximum Gasteiger partial charge on any atom is 0.251 e. The smallest absolute Gasteiger partial charge is 0.251 e. The van der Waals surface area contributed by atoms with Crippen molar-refractivity contribution in [2.75, 3.05) is 36.4 Å². The first kappa shape index (κ1) is 17.8. The predicted molar refractivity (Wildman–Crippen MR) is 103 cm³/mol. The zero-order valence-corrected chi connectivity index (χ0v) is 15.3. The molecule has 1 saturated heterocycles. The Hall–Kier alpha value is -3.56. The summed E-state index contributed by atoms with van der Waals surface area (Å²) < 4.78 is 1.50. The van der Waals surface area contributed by atoms with E-state index in [2.05, 4.69) is 41.3 Å². The lowest BCUT2D eigenvalue weighted by Crippen LogP contribution is -2.29. The quantitative estimate of drug-likeness (QED) is 0.582. The number of amides is 1. The number of aromatic nitrogens is 6. The second-order valence-electron chi connectivity index (χ2n) is 6.48. The summed E-state index contributed by atoms with van der Waals surface area (Å²) in [4.78, 5) is 14.7. The highest BCUT2D eigenvalue weighted by Crippen LogP contribution is 2.20. The number of hydrogen-bond donors (Lipinski definition) is 2. The summed E-state index contributed by atoms with van der Waals surface area (Å²) in [5, 5.41) is 25.3. The van der Waals surface area contributed by atoms with E-state index in [0.29, 0.717) is 24.5 Å². The number of nitrogens with zero attached hydrogens (tertiary/aromatic N) is 7. The average molecular weight is 379 g/mol. The molecule has 0 radical (unpaired) electrons. The highest BCUT2D eigenvalue weighted by Gasteiger charge is 2.13. The topological polar surface area (TPSA) is 114 Å². The van der Waals surface area contributed by atoms with E-state index < -0.39 is 0 Å². The van der Waals surface area contributed by atoms with Crippen molar-refractivity contribution >= 4 is 17.4 Å². The molecule has 144 valence electrons. The zero-order valence-electron chi connectivity index (χ0n) is 15.3. The maximum absolute atomic E-state index is 12.4. The van der Waals surface area contributed by atoms with E-state index in [-0.39, 0.29) is 5.91 Å². The van der Waals surface area contributed by atoms with Crippen LogP contribution in [0.3, 0.4) is 0 Å².